The Hall–Kier alpha value is -3.37. The summed E-state index contributed by atoms with van der Waals surface area (Å²) in [6.45, 7) is 0.291. The number of carbonyl (C=O) groups is 3. The Bertz CT molecular complexity index is 1070. The van der Waals surface area contributed by atoms with Gasteiger partial charge in [-0.3, -0.25) is 30.1 Å². The van der Waals surface area contributed by atoms with Gasteiger partial charge in [0.05, 0.1) is 12.0 Å². The van der Waals surface area contributed by atoms with Crippen LogP contribution in [0.25, 0.3) is 6.08 Å². The smallest absolute Gasteiger partial charge is 0.269 e. The average Bonchev–Trinajstić information content (AvgIpc) is 3.05. The van der Waals surface area contributed by atoms with Crippen molar-refractivity contribution in [2.75, 3.05) is 13.7 Å². The van der Waals surface area contributed by atoms with Gasteiger partial charge >= 0.3 is 0 Å². The monoisotopic (exact) mass is 471 g/mol. The van der Waals surface area contributed by atoms with Crippen LogP contribution in [0.15, 0.2) is 53.4 Å². The molecular weight excluding hydrogens is 450 g/mol. The van der Waals surface area contributed by atoms with Crippen molar-refractivity contribution in [3.05, 3.63) is 64.6 Å². The molecule has 2 aromatic rings. The second kappa shape index (κ2) is 10.8. The van der Waals surface area contributed by atoms with Crippen molar-refractivity contribution in [1.29, 1.82) is 0 Å². The van der Waals surface area contributed by atoms with Crippen molar-refractivity contribution >= 4 is 52.1 Å². The van der Waals surface area contributed by atoms with Gasteiger partial charge in [-0.1, -0.05) is 36.1 Å². The molecule has 0 aliphatic carbocycles. The van der Waals surface area contributed by atoms with E-state index in [4.69, 9.17) is 17.0 Å². The predicted molar refractivity (Wildman–Crippen MR) is 126 cm³/mol. The summed E-state index contributed by atoms with van der Waals surface area (Å²) in [5, 5.41) is 9.24. The van der Waals surface area contributed by atoms with E-state index >= 15 is 0 Å². The summed E-state index contributed by atoms with van der Waals surface area (Å²) < 4.78 is 5.63. The molecule has 10 heteroatoms. The molecule has 3 N–H and O–H groups in total. The zero-order valence-corrected chi connectivity index (χ0v) is 18.8. The number of hydrogen-bond acceptors (Lipinski definition) is 7. The predicted octanol–water partition coefficient (Wildman–Crippen LogP) is 2.84. The van der Waals surface area contributed by atoms with Gasteiger partial charge in [0.1, 0.15) is 15.8 Å². The summed E-state index contributed by atoms with van der Waals surface area (Å²) in [5.41, 5.74) is 5.76. The number of phenols is 1. The van der Waals surface area contributed by atoms with Crippen molar-refractivity contribution in [3.8, 4) is 11.5 Å². The van der Waals surface area contributed by atoms with E-state index in [1.807, 2.05) is 24.3 Å². The fraction of sp³-hybridized carbons (Fsp3) is 0.182. The number of carbonyl (C=O) groups excluding carboxylic acids is 3. The molecule has 1 saturated heterocycles. The molecule has 0 radical (unpaired) electrons. The van der Waals surface area contributed by atoms with Crippen LogP contribution < -0.4 is 15.6 Å². The van der Waals surface area contributed by atoms with E-state index in [0.717, 1.165) is 5.56 Å². The number of nitrogens with zero attached hydrogens (tertiary/aromatic N) is 1. The SMILES string of the molecule is COc1cccc(C=C2SC(=S)N(CCCC(=O)NNC(=O)c3ccc(O)cc3)C2=O)c1. The molecule has 0 saturated carbocycles. The van der Waals surface area contributed by atoms with Crippen molar-refractivity contribution < 1.29 is 24.2 Å². The van der Waals surface area contributed by atoms with E-state index in [1.165, 1.54) is 40.9 Å². The lowest BCUT2D eigenvalue weighted by Crippen LogP contribution is -2.41. The first kappa shape index (κ1) is 23.3. The Kier molecular flexibility index (Phi) is 7.85. The molecule has 3 rings (SSSR count). The van der Waals surface area contributed by atoms with Crippen LogP contribution in [0.1, 0.15) is 28.8 Å². The molecule has 0 aromatic heterocycles. The number of nitrogens with one attached hydrogen (secondary N) is 2. The zero-order chi connectivity index (χ0) is 23.1. The van der Waals surface area contributed by atoms with E-state index in [1.54, 1.807) is 13.2 Å². The Morgan fingerprint density at radius 1 is 1.19 bits per heavy atom. The van der Waals surface area contributed by atoms with E-state index < -0.39 is 11.8 Å². The molecule has 3 amide bonds. The van der Waals surface area contributed by atoms with Crippen molar-refractivity contribution in [2.24, 2.45) is 0 Å². The average molecular weight is 472 g/mol. The molecule has 1 aliphatic heterocycles. The molecule has 0 bridgehead atoms. The highest BCUT2D eigenvalue weighted by atomic mass is 32.2. The Labute approximate surface area is 194 Å². The fourth-order valence-electron chi connectivity index (χ4n) is 2.85. The van der Waals surface area contributed by atoms with Gasteiger partial charge in [0.2, 0.25) is 5.91 Å². The molecule has 0 unspecified atom stereocenters. The number of hydrogen-bond donors (Lipinski definition) is 3. The molecule has 1 fully saturated rings. The number of thiocarbonyl (C=S) groups is 1. The fourth-order valence-corrected chi connectivity index (χ4v) is 4.16. The van der Waals surface area contributed by atoms with Gasteiger partial charge in [0.25, 0.3) is 11.8 Å². The molecule has 1 aliphatic rings. The van der Waals surface area contributed by atoms with Gasteiger partial charge in [-0.25, -0.2) is 0 Å². The molecule has 166 valence electrons. The number of hydrazine groups is 1. The molecular formula is C22H21N3O5S2. The largest absolute Gasteiger partial charge is 0.508 e. The molecule has 32 heavy (non-hydrogen) atoms. The molecule has 8 nitrogen and oxygen atoms in total. The quantitative estimate of drug-likeness (QED) is 0.324. The van der Waals surface area contributed by atoms with Crippen LogP contribution in [0.4, 0.5) is 0 Å². The number of methoxy groups -OCH3 is 1. The van der Waals surface area contributed by atoms with Crippen molar-refractivity contribution in [1.82, 2.24) is 15.8 Å². The van der Waals surface area contributed by atoms with Crippen LogP contribution in [0.3, 0.4) is 0 Å². The number of rotatable bonds is 7. The Balaban J connectivity index is 1.47. The van der Waals surface area contributed by atoms with Crippen LogP contribution in [-0.2, 0) is 9.59 Å². The minimum absolute atomic E-state index is 0.0413. The van der Waals surface area contributed by atoms with Crippen molar-refractivity contribution in [2.45, 2.75) is 12.8 Å². The topological polar surface area (TPSA) is 108 Å². The Morgan fingerprint density at radius 2 is 1.94 bits per heavy atom. The number of thioether (sulfide) groups is 1. The zero-order valence-electron chi connectivity index (χ0n) is 17.2. The van der Waals surface area contributed by atoms with Crippen molar-refractivity contribution in [3.63, 3.8) is 0 Å². The lowest BCUT2D eigenvalue weighted by molar-refractivity contribution is -0.124. The minimum Gasteiger partial charge on any atom is -0.508 e. The number of aromatic hydroxyl groups is 1. The standard InChI is InChI=1S/C22H21N3O5S2/c1-30-17-5-2-4-14(12-17)13-18-21(29)25(22(31)32-18)11-3-6-19(27)23-24-20(28)15-7-9-16(26)10-8-15/h2,4-5,7-10,12-13,26H,3,6,11H2,1H3,(H,23,27)(H,24,28). The van der Waals surface area contributed by atoms with Gasteiger partial charge in [-0.2, -0.15) is 0 Å². The van der Waals surface area contributed by atoms with Gasteiger partial charge in [-0.05, 0) is 54.5 Å². The lowest BCUT2D eigenvalue weighted by atomic mass is 10.2. The highest BCUT2D eigenvalue weighted by Gasteiger charge is 2.31. The highest BCUT2D eigenvalue weighted by Crippen LogP contribution is 2.33. The van der Waals surface area contributed by atoms with Crippen LogP contribution in [0.5, 0.6) is 11.5 Å². The number of amides is 3. The van der Waals surface area contributed by atoms with E-state index in [0.29, 0.717) is 33.5 Å². The molecule has 0 spiro atoms. The lowest BCUT2D eigenvalue weighted by Gasteiger charge is -2.14. The van der Waals surface area contributed by atoms with Gasteiger partial charge in [0, 0.05) is 18.5 Å². The first-order valence-corrected chi connectivity index (χ1v) is 10.9. The van der Waals surface area contributed by atoms with Crippen LogP contribution in [-0.4, -0.2) is 45.7 Å². The minimum atomic E-state index is -0.502. The summed E-state index contributed by atoms with van der Waals surface area (Å²) in [6, 6.07) is 13.0. The summed E-state index contributed by atoms with van der Waals surface area (Å²) in [4.78, 5) is 38.6. The van der Waals surface area contributed by atoms with E-state index in [-0.39, 0.29) is 18.1 Å². The third kappa shape index (κ3) is 6.08. The second-order valence-electron chi connectivity index (χ2n) is 6.76. The first-order chi connectivity index (χ1) is 15.4. The molecule has 2 aromatic carbocycles. The normalized spacial score (nSPS) is 14.5. The second-order valence-corrected chi connectivity index (χ2v) is 8.44. The number of ether oxygens (including phenoxy) is 1. The number of phenolic OH excluding ortho intramolecular Hbond substituents is 1. The summed E-state index contributed by atoms with van der Waals surface area (Å²) >= 11 is 6.53. The van der Waals surface area contributed by atoms with Crippen LogP contribution >= 0.6 is 24.0 Å². The molecule has 1 heterocycles. The van der Waals surface area contributed by atoms with Crippen LogP contribution in [0.2, 0.25) is 0 Å². The number of benzene rings is 2. The first-order valence-electron chi connectivity index (χ1n) is 9.65. The third-order valence-electron chi connectivity index (χ3n) is 4.50. The van der Waals surface area contributed by atoms with E-state index in [2.05, 4.69) is 10.9 Å². The summed E-state index contributed by atoms with van der Waals surface area (Å²) in [6.07, 6.45) is 2.23. The van der Waals surface area contributed by atoms with Gasteiger partial charge in [0.15, 0.2) is 0 Å². The maximum atomic E-state index is 12.7. The summed E-state index contributed by atoms with van der Waals surface area (Å²) in [5.74, 6) is -0.367. The van der Waals surface area contributed by atoms with Gasteiger partial charge < -0.3 is 9.84 Å². The van der Waals surface area contributed by atoms with E-state index in [9.17, 15) is 19.5 Å². The van der Waals surface area contributed by atoms with Gasteiger partial charge in [-0.15, -0.1) is 0 Å². The summed E-state index contributed by atoms with van der Waals surface area (Å²) in [7, 11) is 1.58. The third-order valence-corrected chi connectivity index (χ3v) is 5.87. The Morgan fingerprint density at radius 3 is 2.66 bits per heavy atom. The molecule has 0 atom stereocenters. The van der Waals surface area contributed by atoms with Crippen LogP contribution in [0, 0.1) is 0 Å². The maximum Gasteiger partial charge on any atom is 0.269 e. The maximum absolute atomic E-state index is 12.7. The highest BCUT2D eigenvalue weighted by molar-refractivity contribution is 8.26.